The van der Waals surface area contributed by atoms with Crippen molar-refractivity contribution in [3.63, 3.8) is 0 Å². The highest BCUT2D eigenvalue weighted by molar-refractivity contribution is 6.31. The molecule has 5 nitrogen and oxygen atoms in total. The van der Waals surface area contributed by atoms with Crippen LogP contribution in [-0.4, -0.2) is 29.2 Å². The Kier molecular flexibility index (Phi) is 4.42. The number of fused-ring (bicyclic) bond motifs is 1. The van der Waals surface area contributed by atoms with E-state index in [4.69, 9.17) is 11.6 Å². The van der Waals surface area contributed by atoms with Gasteiger partial charge in [0.05, 0.1) is 11.1 Å². The highest BCUT2D eigenvalue weighted by atomic mass is 35.5. The van der Waals surface area contributed by atoms with Crippen LogP contribution in [0.25, 0.3) is 0 Å². The second kappa shape index (κ2) is 6.53. The molecule has 0 radical (unpaired) electrons. The molecule has 0 aliphatic carbocycles. The number of amides is 3. The third-order valence-electron chi connectivity index (χ3n) is 3.97. The molecular formula is C19H15ClN2O3. The first-order valence-corrected chi connectivity index (χ1v) is 7.99. The van der Waals surface area contributed by atoms with E-state index in [2.05, 4.69) is 11.9 Å². The molecule has 0 atom stereocenters. The summed E-state index contributed by atoms with van der Waals surface area (Å²) in [7, 11) is 0. The monoisotopic (exact) mass is 354 g/mol. The van der Waals surface area contributed by atoms with Crippen molar-refractivity contribution in [2.45, 2.75) is 6.92 Å². The average molecular weight is 355 g/mol. The molecule has 6 heteroatoms. The Bertz CT molecular complexity index is 921. The Hall–Kier alpha value is -2.92. The number of rotatable bonds is 4. The van der Waals surface area contributed by atoms with Crippen molar-refractivity contribution in [3.05, 3.63) is 76.3 Å². The fourth-order valence-electron chi connectivity index (χ4n) is 2.60. The molecule has 1 N–H and O–H groups in total. The second-order valence-corrected chi connectivity index (χ2v) is 6.10. The van der Waals surface area contributed by atoms with E-state index in [1.807, 2.05) is 6.92 Å². The van der Waals surface area contributed by atoms with Crippen molar-refractivity contribution in [1.29, 1.82) is 0 Å². The Morgan fingerprint density at radius 1 is 1.16 bits per heavy atom. The third-order valence-corrected chi connectivity index (χ3v) is 4.38. The van der Waals surface area contributed by atoms with E-state index < -0.39 is 5.91 Å². The van der Waals surface area contributed by atoms with Gasteiger partial charge in [-0.3, -0.25) is 19.3 Å². The first-order chi connectivity index (χ1) is 11.9. The van der Waals surface area contributed by atoms with E-state index in [1.165, 1.54) is 24.3 Å². The number of imide groups is 1. The van der Waals surface area contributed by atoms with Crippen molar-refractivity contribution in [2.24, 2.45) is 0 Å². The maximum atomic E-state index is 12.4. The average Bonchev–Trinajstić information content (AvgIpc) is 2.83. The number of hydrogen-bond acceptors (Lipinski definition) is 3. The second-order valence-electron chi connectivity index (χ2n) is 5.69. The van der Waals surface area contributed by atoms with Crippen LogP contribution in [0.2, 0.25) is 5.02 Å². The number of carbonyl (C=O) groups is 3. The molecule has 3 rings (SSSR count). The lowest BCUT2D eigenvalue weighted by molar-refractivity contribution is 0.0672. The van der Waals surface area contributed by atoms with Gasteiger partial charge in [-0.2, -0.15) is 0 Å². The summed E-state index contributed by atoms with van der Waals surface area (Å²) in [6.07, 6.45) is 1.48. The topological polar surface area (TPSA) is 66.5 Å². The molecular weight excluding hydrogens is 340 g/mol. The first-order valence-electron chi connectivity index (χ1n) is 7.61. The Morgan fingerprint density at radius 2 is 1.88 bits per heavy atom. The van der Waals surface area contributed by atoms with E-state index in [-0.39, 0.29) is 29.5 Å². The minimum Gasteiger partial charge on any atom is -0.322 e. The van der Waals surface area contributed by atoms with Crippen molar-refractivity contribution in [2.75, 3.05) is 11.9 Å². The lowest BCUT2D eigenvalue weighted by Gasteiger charge is -2.09. The molecule has 2 aromatic rings. The SMILES string of the molecule is C=CCN1C(=O)c2ccc(C(=O)Nc3ccc(C)c(Cl)c3)cc2C1=O. The standard InChI is InChI=1S/C19H15ClN2O3/c1-3-8-22-18(24)14-7-5-12(9-15(14)19(22)25)17(23)21-13-6-4-11(2)16(20)10-13/h3-7,9-10H,1,8H2,2H3,(H,21,23). The van der Waals surface area contributed by atoms with Gasteiger partial charge < -0.3 is 5.32 Å². The van der Waals surface area contributed by atoms with Crippen LogP contribution in [0.3, 0.4) is 0 Å². The van der Waals surface area contributed by atoms with Gasteiger partial charge in [0.2, 0.25) is 0 Å². The Morgan fingerprint density at radius 3 is 2.56 bits per heavy atom. The van der Waals surface area contributed by atoms with Crippen LogP contribution in [-0.2, 0) is 0 Å². The van der Waals surface area contributed by atoms with E-state index in [9.17, 15) is 14.4 Å². The van der Waals surface area contributed by atoms with Crippen LogP contribution in [0.15, 0.2) is 49.1 Å². The normalized spacial score (nSPS) is 13.0. The summed E-state index contributed by atoms with van der Waals surface area (Å²) >= 11 is 6.05. The van der Waals surface area contributed by atoms with Crippen molar-refractivity contribution in [1.82, 2.24) is 4.90 Å². The van der Waals surface area contributed by atoms with Crippen molar-refractivity contribution in [3.8, 4) is 0 Å². The maximum Gasteiger partial charge on any atom is 0.261 e. The van der Waals surface area contributed by atoms with Crippen LogP contribution in [0.5, 0.6) is 0 Å². The van der Waals surface area contributed by atoms with Crippen LogP contribution in [0.4, 0.5) is 5.69 Å². The summed E-state index contributed by atoms with van der Waals surface area (Å²) in [6.45, 7) is 5.54. The molecule has 126 valence electrons. The molecule has 1 heterocycles. The van der Waals surface area contributed by atoms with Gasteiger partial charge in [-0.15, -0.1) is 6.58 Å². The van der Waals surface area contributed by atoms with E-state index in [1.54, 1.807) is 18.2 Å². The van der Waals surface area contributed by atoms with Crippen LogP contribution < -0.4 is 5.32 Å². The number of aryl methyl sites for hydroxylation is 1. The largest absolute Gasteiger partial charge is 0.322 e. The molecule has 2 aromatic carbocycles. The molecule has 0 aromatic heterocycles. The summed E-state index contributed by atoms with van der Waals surface area (Å²) in [5.74, 6) is -1.18. The summed E-state index contributed by atoms with van der Waals surface area (Å²) < 4.78 is 0. The third kappa shape index (κ3) is 3.06. The van der Waals surface area contributed by atoms with Gasteiger partial charge in [0.25, 0.3) is 17.7 Å². The zero-order valence-corrected chi connectivity index (χ0v) is 14.3. The summed E-state index contributed by atoms with van der Waals surface area (Å²) in [5, 5.41) is 3.28. The minimum absolute atomic E-state index is 0.135. The van der Waals surface area contributed by atoms with E-state index in [0.29, 0.717) is 16.3 Å². The first kappa shape index (κ1) is 16.9. The minimum atomic E-state index is -0.423. The number of anilines is 1. The van der Waals surface area contributed by atoms with Gasteiger partial charge in [0, 0.05) is 22.8 Å². The fraction of sp³-hybridized carbons (Fsp3) is 0.105. The molecule has 3 amide bonds. The molecule has 0 saturated carbocycles. The zero-order chi connectivity index (χ0) is 18.1. The molecule has 0 saturated heterocycles. The lowest BCUT2D eigenvalue weighted by Crippen LogP contribution is -2.29. The van der Waals surface area contributed by atoms with Crippen LogP contribution >= 0.6 is 11.6 Å². The predicted octanol–water partition coefficient (Wildman–Crippen LogP) is 3.68. The smallest absolute Gasteiger partial charge is 0.261 e. The summed E-state index contributed by atoms with van der Waals surface area (Å²) in [4.78, 5) is 38.0. The van der Waals surface area contributed by atoms with E-state index in [0.717, 1.165) is 10.5 Å². The van der Waals surface area contributed by atoms with Gasteiger partial charge in [-0.1, -0.05) is 23.7 Å². The number of nitrogens with zero attached hydrogens (tertiary/aromatic N) is 1. The van der Waals surface area contributed by atoms with Crippen LogP contribution in [0.1, 0.15) is 36.6 Å². The van der Waals surface area contributed by atoms with E-state index >= 15 is 0 Å². The molecule has 0 fully saturated rings. The molecule has 0 unspecified atom stereocenters. The predicted molar refractivity (Wildman–Crippen MR) is 96.1 cm³/mol. The number of benzene rings is 2. The van der Waals surface area contributed by atoms with Crippen molar-refractivity contribution < 1.29 is 14.4 Å². The summed E-state index contributed by atoms with van der Waals surface area (Å²) in [6, 6.07) is 9.65. The Balaban J connectivity index is 1.86. The van der Waals surface area contributed by atoms with Crippen molar-refractivity contribution >= 4 is 35.0 Å². The molecule has 1 aliphatic rings. The quantitative estimate of drug-likeness (QED) is 0.672. The van der Waals surface area contributed by atoms with Gasteiger partial charge in [0.1, 0.15) is 0 Å². The highest BCUT2D eigenvalue weighted by Gasteiger charge is 2.35. The fourth-order valence-corrected chi connectivity index (χ4v) is 2.78. The lowest BCUT2D eigenvalue weighted by atomic mass is 10.1. The maximum absolute atomic E-state index is 12.4. The summed E-state index contributed by atoms with van der Waals surface area (Å²) in [5.41, 5.74) is 2.26. The number of halogens is 1. The molecule has 0 spiro atoms. The number of carbonyl (C=O) groups excluding carboxylic acids is 3. The molecule has 0 bridgehead atoms. The zero-order valence-electron chi connectivity index (χ0n) is 13.5. The number of nitrogens with one attached hydrogen (secondary N) is 1. The Labute approximate surface area is 149 Å². The molecule has 1 aliphatic heterocycles. The highest BCUT2D eigenvalue weighted by Crippen LogP contribution is 2.25. The van der Waals surface area contributed by atoms with Gasteiger partial charge in [-0.25, -0.2) is 0 Å². The molecule has 25 heavy (non-hydrogen) atoms. The van der Waals surface area contributed by atoms with Crippen LogP contribution in [0, 0.1) is 6.92 Å². The van der Waals surface area contributed by atoms with Gasteiger partial charge in [0.15, 0.2) is 0 Å². The number of hydrogen-bond donors (Lipinski definition) is 1. The van der Waals surface area contributed by atoms with Gasteiger partial charge >= 0.3 is 0 Å². The van der Waals surface area contributed by atoms with Gasteiger partial charge in [-0.05, 0) is 42.8 Å².